The molecule has 0 saturated carbocycles. The standard InChI is InChI=1S/C27H21NO/c1-18-7-6-8-19(2)27(18)22-13-11-21(12-14-22)26-17-24-25(29-26)16-15-23(28-24)20-9-4-3-5-10-20/h3-17H,1-2H3. The molecule has 0 spiro atoms. The van der Waals surface area contributed by atoms with Gasteiger partial charge in [-0.1, -0.05) is 72.8 Å². The lowest BCUT2D eigenvalue weighted by Gasteiger charge is -2.10. The van der Waals surface area contributed by atoms with Crippen molar-refractivity contribution in [1.82, 2.24) is 4.98 Å². The van der Waals surface area contributed by atoms with E-state index in [1.54, 1.807) is 0 Å². The van der Waals surface area contributed by atoms with Gasteiger partial charge < -0.3 is 4.42 Å². The first kappa shape index (κ1) is 17.4. The first-order valence-electron chi connectivity index (χ1n) is 9.82. The Hall–Kier alpha value is -3.65. The summed E-state index contributed by atoms with van der Waals surface area (Å²) in [6.45, 7) is 4.32. The largest absolute Gasteiger partial charge is 0.454 e. The molecule has 5 aromatic rings. The molecule has 0 fully saturated rings. The third-order valence-electron chi connectivity index (χ3n) is 5.38. The molecule has 140 valence electrons. The molecule has 2 aromatic heterocycles. The molecule has 0 amide bonds. The Bertz CT molecular complexity index is 1280. The van der Waals surface area contributed by atoms with Crippen LogP contribution < -0.4 is 0 Å². The maximum atomic E-state index is 6.08. The van der Waals surface area contributed by atoms with E-state index >= 15 is 0 Å². The van der Waals surface area contributed by atoms with Crippen LogP contribution in [-0.2, 0) is 0 Å². The van der Waals surface area contributed by atoms with E-state index in [1.807, 2.05) is 36.4 Å². The van der Waals surface area contributed by atoms with Gasteiger partial charge in [0.05, 0.1) is 5.69 Å². The summed E-state index contributed by atoms with van der Waals surface area (Å²) in [6, 6.07) is 31.2. The minimum atomic E-state index is 0.804. The highest BCUT2D eigenvalue weighted by Crippen LogP contribution is 2.32. The van der Waals surface area contributed by atoms with Gasteiger partial charge in [0.25, 0.3) is 0 Å². The summed E-state index contributed by atoms with van der Waals surface area (Å²) in [5.41, 5.74) is 9.91. The van der Waals surface area contributed by atoms with Gasteiger partial charge in [-0.25, -0.2) is 4.98 Å². The van der Waals surface area contributed by atoms with Gasteiger partial charge in [0, 0.05) is 17.2 Å². The van der Waals surface area contributed by atoms with Crippen molar-refractivity contribution in [3.63, 3.8) is 0 Å². The minimum absolute atomic E-state index is 0.804. The van der Waals surface area contributed by atoms with Gasteiger partial charge in [-0.15, -0.1) is 0 Å². The SMILES string of the molecule is Cc1cccc(C)c1-c1ccc(-c2cc3nc(-c4ccccc4)ccc3o2)cc1. The summed E-state index contributed by atoms with van der Waals surface area (Å²) in [4.78, 5) is 4.79. The average Bonchev–Trinajstić information content (AvgIpc) is 3.18. The van der Waals surface area contributed by atoms with Crippen molar-refractivity contribution in [2.45, 2.75) is 13.8 Å². The lowest BCUT2D eigenvalue weighted by molar-refractivity contribution is 0.631. The second-order valence-electron chi connectivity index (χ2n) is 7.40. The lowest BCUT2D eigenvalue weighted by atomic mass is 9.95. The van der Waals surface area contributed by atoms with E-state index in [0.717, 1.165) is 33.7 Å². The van der Waals surface area contributed by atoms with E-state index in [9.17, 15) is 0 Å². The fourth-order valence-electron chi connectivity index (χ4n) is 3.91. The Morgan fingerprint density at radius 1 is 0.621 bits per heavy atom. The average molecular weight is 375 g/mol. The maximum absolute atomic E-state index is 6.08. The molecule has 0 aliphatic heterocycles. The van der Waals surface area contributed by atoms with Gasteiger partial charge in [-0.2, -0.15) is 0 Å². The normalized spacial score (nSPS) is 11.1. The van der Waals surface area contributed by atoms with Crippen LogP contribution in [0.15, 0.2) is 95.4 Å². The summed E-state index contributed by atoms with van der Waals surface area (Å²) in [7, 11) is 0. The highest BCUT2D eigenvalue weighted by molar-refractivity contribution is 5.82. The van der Waals surface area contributed by atoms with Crippen LogP contribution in [0.2, 0.25) is 0 Å². The minimum Gasteiger partial charge on any atom is -0.454 e. The zero-order valence-corrected chi connectivity index (χ0v) is 16.5. The zero-order chi connectivity index (χ0) is 19.8. The fourth-order valence-corrected chi connectivity index (χ4v) is 3.91. The Labute approximate surface area is 170 Å². The summed E-state index contributed by atoms with van der Waals surface area (Å²) in [5, 5.41) is 0. The van der Waals surface area contributed by atoms with E-state index in [-0.39, 0.29) is 0 Å². The van der Waals surface area contributed by atoms with E-state index in [2.05, 4.69) is 68.4 Å². The molecule has 2 heteroatoms. The molecule has 0 aliphatic rings. The summed E-state index contributed by atoms with van der Waals surface area (Å²) < 4.78 is 6.08. The second kappa shape index (κ2) is 7.06. The van der Waals surface area contributed by atoms with E-state index in [4.69, 9.17) is 9.40 Å². The van der Waals surface area contributed by atoms with Crippen molar-refractivity contribution in [3.05, 3.63) is 102 Å². The predicted octanol–water partition coefficient (Wildman–Crippen LogP) is 7.45. The Balaban J connectivity index is 1.51. The summed E-state index contributed by atoms with van der Waals surface area (Å²) in [5.74, 6) is 0.839. The number of benzene rings is 3. The summed E-state index contributed by atoms with van der Waals surface area (Å²) in [6.07, 6.45) is 0. The van der Waals surface area contributed by atoms with Crippen molar-refractivity contribution in [3.8, 4) is 33.7 Å². The Kier molecular flexibility index (Phi) is 4.25. The third kappa shape index (κ3) is 3.23. The molecule has 0 unspecified atom stereocenters. The van der Waals surface area contributed by atoms with E-state index in [0.29, 0.717) is 0 Å². The second-order valence-corrected chi connectivity index (χ2v) is 7.40. The molecule has 0 aliphatic carbocycles. The van der Waals surface area contributed by atoms with Crippen molar-refractivity contribution in [2.75, 3.05) is 0 Å². The van der Waals surface area contributed by atoms with Gasteiger partial charge in [-0.05, 0) is 48.2 Å². The van der Waals surface area contributed by atoms with Crippen molar-refractivity contribution < 1.29 is 4.42 Å². The fraction of sp³-hybridized carbons (Fsp3) is 0.0741. The van der Waals surface area contributed by atoms with Gasteiger partial charge in [0.2, 0.25) is 0 Å². The molecule has 29 heavy (non-hydrogen) atoms. The van der Waals surface area contributed by atoms with Crippen molar-refractivity contribution in [1.29, 1.82) is 0 Å². The molecule has 3 aromatic carbocycles. The number of furan rings is 1. The lowest BCUT2D eigenvalue weighted by Crippen LogP contribution is -1.87. The molecule has 0 saturated heterocycles. The van der Waals surface area contributed by atoms with Gasteiger partial charge in [0.1, 0.15) is 11.3 Å². The highest BCUT2D eigenvalue weighted by Gasteiger charge is 2.10. The number of rotatable bonds is 3. The van der Waals surface area contributed by atoms with Gasteiger partial charge in [0.15, 0.2) is 5.58 Å². The van der Waals surface area contributed by atoms with Crippen molar-refractivity contribution >= 4 is 11.1 Å². The zero-order valence-electron chi connectivity index (χ0n) is 16.5. The highest BCUT2D eigenvalue weighted by atomic mass is 16.3. The monoisotopic (exact) mass is 375 g/mol. The van der Waals surface area contributed by atoms with Crippen molar-refractivity contribution in [2.24, 2.45) is 0 Å². The van der Waals surface area contributed by atoms with Gasteiger partial charge in [-0.3, -0.25) is 0 Å². The van der Waals surface area contributed by atoms with Crippen LogP contribution in [0.5, 0.6) is 0 Å². The first-order chi connectivity index (χ1) is 14.2. The molecular weight excluding hydrogens is 354 g/mol. The number of nitrogens with zero attached hydrogens (tertiary/aromatic N) is 1. The van der Waals surface area contributed by atoms with Crippen LogP contribution in [0.25, 0.3) is 44.8 Å². The maximum Gasteiger partial charge on any atom is 0.153 e. The van der Waals surface area contributed by atoms with E-state index in [1.165, 1.54) is 22.3 Å². The van der Waals surface area contributed by atoms with E-state index < -0.39 is 0 Å². The number of hydrogen-bond donors (Lipinski definition) is 0. The Morgan fingerprint density at radius 3 is 2.03 bits per heavy atom. The first-order valence-corrected chi connectivity index (χ1v) is 9.82. The van der Waals surface area contributed by atoms with Crippen LogP contribution in [0, 0.1) is 13.8 Å². The Morgan fingerprint density at radius 2 is 1.31 bits per heavy atom. The number of pyridine rings is 1. The molecule has 2 nitrogen and oxygen atoms in total. The van der Waals surface area contributed by atoms with Crippen LogP contribution in [0.4, 0.5) is 0 Å². The molecule has 5 rings (SSSR count). The van der Waals surface area contributed by atoms with Crippen LogP contribution >= 0.6 is 0 Å². The smallest absolute Gasteiger partial charge is 0.153 e. The topological polar surface area (TPSA) is 26.0 Å². The number of hydrogen-bond acceptors (Lipinski definition) is 2. The molecule has 2 heterocycles. The molecule has 0 atom stereocenters. The molecule has 0 bridgehead atoms. The van der Waals surface area contributed by atoms with Crippen LogP contribution in [0.3, 0.4) is 0 Å². The predicted molar refractivity (Wildman–Crippen MR) is 120 cm³/mol. The molecule has 0 radical (unpaired) electrons. The molecular formula is C27H21NO. The van der Waals surface area contributed by atoms with Gasteiger partial charge >= 0.3 is 0 Å². The van der Waals surface area contributed by atoms with Crippen LogP contribution in [-0.4, -0.2) is 4.98 Å². The molecule has 0 N–H and O–H groups in total. The number of aromatic nitrogens is 1. The summed E-state index contributed by atoms with van der Waals surface area (Å²) >= 11 is 0. The quantitative estimate of drug-likeness (QED) is 0.327. The van der Waals surface area contributed by atoms with Crippen LogP contribution in [0.1, 0.15) is 11.1 Å². The third-order valence-corrected chi connectivity index (χ3v) is 5.38. The number of aryl methyl sites for hydroxylation is 2. The number of fused-ring (bicyclic) bond motifs is 1.